The predicted octanol–water partition coefficient (Wildman–Crippen LogP) is 6.77. The van der Waals surface area contributed by atoms with E-state index in [4.69, 9.17) is 16.7 Å². The van der Waals surface area contributed by atoms with Crippen molar-refractivity contribution in [1.82, 2.24) is 10.2 Å². The maximum atomic E-state index is 15.2. The monoisotopic (exact) mass is 464 g/mol. The number of rotatable bonds is 6. The van der Waals surface area contributed by atoms with Crippen molar-refractivity contribution in [2.24, 2.45) is 0 Å². The number of nitrogens with zero attached hydrogens (tertiary/aromatic N) is 1. The standard InChI is InChI=1S/C26H19ClF2N2O2/c1-15(28)25(21-9-8-20(29)13-22(21)27)26(18-7-10-23-19(12-18)14-30-31-23)17-5-2-16(3-6-17)4-11-24(32)33/h2-15H,1H3,(H,30,31)(H,32,33)/b11-4+,26-25?. The Bertz CT molecular complexity index is 1390. The molecule has 166 valence electrons. The lowest BCUT2D eigenvalue weighted by molar-refractivity contribution is -0.131. The topological polar surface area (TPSA) is 66.0 Å². The SMILES string of the molecule is CC(F)C(=C(c1ccc(/C=C/C(=O)O)cc1)c1ccc2[nH]ncc2c1)c1ccc(F)cc1Cl. The fraction of sp³-hybridized carbons (Fsp3) is 0.0769. The molecule has 7 heteroatoms. The Labute approximate surface area is 193 Å². The Balaban J connectivity index is 1.97. The van der Waals surface area contributed by atoms with Gasteiger partial charge in [0.1, 0.15) is 12.0 Å². The number of carboxylic acid groups (broad SMARTS) is 1. The number of H-pyrrole nitrogens is 1. The van der Waals surface area contributed by atoms with Gasteiger partial charge in [-0.1, -0.05) is 48.0 Å². The number of alkyl halides is 1. The lowest BCUT2D eigenvalue weighted by atomic mass is 9.87. The van der Waals surface area contributed by atoms with Crippen molar-refractivity contribution in [3.8, 4) is 0 Å². The summed E-state index contributed by atoms with van der Waals surface area (Å²) in [5, 5.41) is 16.8. The highest BCUT2D eigenvalue weighted by atomic mass is 35.5. The van der Waals surface area contributed by atoms with Crippen LogP contribution in [-0.2, 0) is 4.79 Å². The zero-order valence-electron chi connectivity index (χ0n) is 17.5. The van der Waals surface area contributed by atoms with Gasteiger partial charge in [0, 0.05) is 17.0 Å². The molecule has 0 amide bonds. The van der Waals surface area contributed by atoms with Crippen LogP contribution in [0.5, 0.6) is 0 Å². The van der Waals surface area contributed by atoms with Gasteiger partial charge in [0.2, 0.25) is 0 Å². The van der Waals surface area contributed by atoms with Gasteiger partial charge in [-0.05, 0) is 65.1 Å². The molecule has 0 aliphatic carbocycles. The molecule has 0 saturated heterocycles. The molecule has 0 saturated carbocycles. The van der Waals surface area contributed by atoms with Crippen LogP contribution < -0.4 is 0 Å². The molecule has 2 N–H and O–H groups in total. The molecule has 0 spiro atoms. The number of aromatic nitrogens is 2. The molecule has 1 atom stereocenters. The average molecular weight is 465 g/mol. The van der Waals surface area contributed by atoms with Gasteiger partial charge in [-0.2, -0.15) is 5.10 Å². The van der Waals surface area contributed by atoms with E-state index in [0.717, 1.165) is 28.6 Å². The molecular formula is C26H19ClF2N2O2. The lowest BCUT2D eigenvalue weighted by Crippen LogP contribution is -2.05. The van der Waals surface area contributed by atoms with Crippen LogP contribution in [0.15, 0.2) is 72.9 Å². The summed E-state index contributed by atoms with van der Waals surface area (Å²) in [4.78, 5) is 10.8. The van der Waals surface area contributed by atoms with Crippen LogP contribution in [0, 0.1) is 5.82 Å². The predicted molar refractivity (Wildman–Crippen MR) is 127 cm³/mol. The molecule has 0 aliphatic heterocycles. The molecule has 33 heavy (non-hydrogen) atoms. The average Bonchev–Trinajstić information content (AvgIpc) is 3.25. The van der Waals surface area contributed by atoms with Gasteiger partial charge in [0.15, 0.2) is 0 Å². The summed E-state index contributed by atoms with van der Waals surface area (Å²) in [5.41, 5.74) is 4.25. The largest absolute Gasteiger partial charge is 0.478 e. The van der Waals surface area contributed by atoms with E-state index in [1.807, 2.05) is 18.2 Å². The van der Waals surface area contributed by atoms with Gasteiger partial charge < -0.3 is 5.11 Å². The molecule has 0 aliphatic rings. The number of aliphatic carboxylic acids is 1. The maximum absolute atomic E-state index is 15.2. The highest BCUT2D eigenvalue weighted by Crippen LogP contribution is 2.39. The van der Waals surface area contributed by atoms with Gasteiger partial charge in [-0.25, -0.2) is 13.6 Å². The number of fused-ring (bicyclic) bond motifs is 1. The number of aromatic amines is 1. The number of hydrogen-bond acceptors (Lipinski definition) is 2. The fourth-order valence-electron chi connectivity index (χ4n) is 3.76. The second-order valence-electron chi connectivity index (χ2n) is 7.49. The van der Waals surface area contributed by atoms with Crippen molar-refractivity contribution < 1.29 is 18.7 Å². The molecule has 0 radical (unpaired) electrons. The van der Waals surface area contributed by atoms with Crippen molar-refractivity contribution >= 4 is 45.7 Å². The van der Waals surface area contributed by atoms with E-state index in [1.54, 1.807) is 30.5 Å². The summed E-state index contributed by atoms with van der Waals surface area (Å²) in [7, 11) is 0. The van der Waals surface area contributed by atoms with E-state index < -0.39 is 18.0 Å². The van der Waals surface area contributed by atoms with E-state index in [2.05, 4.69) is 10.2 Å². The molecule has 4 aromatic rings. The number of carbonyl (C=O) groups is 1. The van der Waals surface area contributed by atoms with E-state index in [0.29, 0.717) is 27.8 Å². The van der Waals surface area contributed by atoms with Crippen LogP contribution in [0.4, 0.5) is 8.78 Å². The Hall–Kier alpha value is -3.77. The van der Waals surface area contributed by atoms with Gasteiger partial charge in [0.25, 0.3) is 0 Å². The zero-order chi connectivity index (χ0) is 23.5. The maximum Gasteiger partial charge on any atom is 0.328 e. The second kappa shape index (κ2) is 9.38. The zero-order valence-corrected chi connectivity index (χ0v) is 18.3. The van der Waals surface area contributed by atoms with Gasteiger partial charge >= 0.3 is 5.97 Å². The van der Waals surface area contributed by atoms with Crippen LogP contribution in [-0.4, -0.2) is 27.4 Å². The molecule has 3 aromatic carbocycles. The number of nitrogens with one attached hydrogen (secondary N) is 1. The summed E-state index contributed by atoms with van der Waals surface area (Å²) in [6.07, 6.45) is 2.78. The number of allylic oxidation sites excluding steroid dienone is 1. The summed E-state index contributed by atoms with van der Waals surface area (Å²) in [6, 6.07) is 16.6. The fourth-order valence-corrected chi connectivity index (χ4v) is 4.03. The third-order valence-electron chi connectivity index (χ3n) is 5.24. The molecule has 0 bridgehead atoms. The number of hydrogen-bond donors (Lipinski definition) is 2. The normalized spacial score (nSPS) is 13.3. The van der Waals surface area contributed by atoms with Crippen molar-refractivity contribution in [2.75, 3.05) is 0 Å². The third kappa shape index (κ3) is 4.86. The van der Waals surface area contributed by atoms with Gasteiger partial charge in [-0.3, -0.25) is 5.10 Å². The molecule has 1 heterocycles. The smallest absolute Gasteiger partial charge is 0.328 e. The Kier molecular flexibility index (Phi) is 6.38. The minimum absolute atomic E-state index is 0.109. The van der Waals surface area contributed by atoms with Crippen molar-refractivity contribution in [2.45, 2.75) is 13.1 Å². The molecule has 1 aromatic heterocycles. The molecule has 0 fully saturated rings. The summed E-state index contributed by atoms with van der Waals surface area (Å²) in [5.74, 6) is -1.56. The van der Waals surface area contributed by atoms with E-state index in [9.17, 15) is 9.18 Å². The van der Waals surface area contributed by atoms with Crippen LogP contribution in [0.2, 0.25) is 5.02 Å². The lowest BCUT2D eigenvalue weighted by Gasteiger charge is -2.19. The Morgan fingerprint density at radius 3 is 2.48 bits per heavy atom. The van der Waals surface area contributed by atoms with E-state index in [1.165, 1.54) is 25.1 Å². The Morgan fingerprint density at radius 2 is 1.82 bits per heavy atom. The van der Waals surface area contributed by atoms with E-state index >= 15 is 4.39 Å². The first-order valence-corrected chi connectivity index (χ1v) is 10.5. The third-order valence-corrected chi connectivity index (χ3v) is 5.55. The quantitative estimate of drug-likeness (QED) is 0.244. The van der Waals surface area contributed by atoms with Crippen molar-refractivity contribution in [3.05, 3.63) is 106 Å². The summed E-state index contributed by atoms with van der Waals surface area (Å²) < 4.78 is 28.9. The van der Waals surface area contributed by atoms with Crippen LogP contribution in [0.3, 0.4) is 0 Å². The van der Waals surface area contributed by atoms with Crippen LogP contribution in [0.1, 0.15) is 29.2 Å². The van der Waals surface area contributed by atoms with Crippen molar-refractivity contribution in [3.63, 3.8) is 0 Å². The van der Waals surface area contributed by atoms with Gasteiger partial charge in [-0.15, -0.1) is 0 Å². The Morgan fingerprint density at radius 1 is 1.09 bits per heavy atom. The molecule has 4 rings (SSSR count). The van der Waals surface area contributed by atoms with Crippen LogP contribution >= 0.6 is 11.6 Å². The summed E-state index contributed by atoms with van der Waals surface area (Å²) in [6.45, 7) is 1.41. The number of carboxylic acids is 1. The highest BCUT2D eigenvalue weighted by molar-refractivity contribution is 6.33. The number of benzene rings is 3. The van der Waals surface area contributed by atoms with Crippen molar-refractivity contribution in [1.29, 1.82) is 0 Å². The summed E-state index contributed by atoms with van der Waals surface area (Å²) >= 11 is 6.34. The first-order valence-electron chi connectivity index (χ1n) is 10.1. The minimum Gasteiger partial charge on any atom is -0.478 e. The van der Waals surface area contributed by atoms with E-state index in [-0.39, 0.29) is 5.02 Å². The number of halogens is 3. The first kappa shape index (κ1) is 22.4. The van der Waals surface area contributed by atoms with Gasteiger partial charge in [0.05, 0.1) is 16.7 Å². The minimum atomic E-state index is -1.42. The molecule has 1 unspecified atom stereocenters. The second-order valence-corrected chi connectivity index (χ2v) is 7.90. The first-order chi connectivity index (χ1) is 15.8. The highest BCUT2D eigenvalue weighted by Gasteiger charge is 2.22. The van der Waals surface area contributed by atoms with Crippen LogP contribution in [0.25, 0.3) is 28.1 Å². The molecular weight excluding hydrogens is 446 g/mol. The molecule has 4 nitrogen and oxygen atoms in total.